The molecule has 1 aromatic carbocycles. The standard InChI is InChI=1S/C23H31N5O2S/c1-2-8-25-15-19(14-24)18-12-17-5-9-26-16-22(17)23(13-18)27-20-6-10-28(11-7-20)31(29,30)21-3-4-21/h5,9,12-16,20-21,27H,2-4,6-8,10-11,24H2,1H3. The second kappa shape index (κ2) is 9.36. The molecule has 0 bridgehead atoms. The zero-order chi connectivity index (χ0) is 21.8. The molecule has 31 heavy (non-hydrogen) atoms. The molecule has 0 radical (unpaired) electrons. The summed E-state index contributed by atoms with van der Waals surface area (Å²) in [5, 5.41) is 5.63. The number of fused-ring (bicyclic) bond motifs is 1. The summed E-state index contributed by atoms with van der Waals surface area (Å²) in [5.41, 5.74) is 8.77. The summed E-state index contributed by atoms with van der Waals surface area (Å²) < 4.78 is 26.7. The van der Waals surface area contributed by atoms with Crippen molar-refractivity contribution in [1.82, 2.24) is 9.29 Å². The van der Waals surface area contributed by atoms with E-state index in [0.717, 1.165) is 66.2 Å². The van der Waals surface area contributed by atoms with E-state index in [1.54, 1.807) is 16.7 Å². The average molecular weight is 442 g/mol. The lowest BCUT2D eigenvalue weighted by molar-refractivity contribution is 0.329. The molecular weight excluding hydrogens is 410 g/mol. The third kappa shape index (κ3) is 4.91. The Balaban J connectivity index is 1.54. The molecule has 2 aliphatic rings. The number of nitrogens with two attached hydrogens (primary N) is 1. The Labute approximate surface area is 184 Å². The van der Waals surface area contributed by atoms with E-state index in [1.807, 2.05) is 18.5 Å². The number of hydrogen-bond donors (Lipinski definition) is 2. The van der Waals surface area contributed by atoms with Crippen LogP contribution in [-0.2, 0) is 10.0 Å². The lowest BCUT2D eigenvalue weighted by Gasteiger charge is -2.32. The first-order chi connectivity index (χ1) is 15.0. The molecule has 0 spiro atoms. The molecule has 8 heteroatoms. The smallest absolute Gasteiger partial charge is 0.216 e. The number of aliphatic imine (C=N–C) groups is 1. The number of nitrogens with one attached hydrogen (secondary N) is 1. The van der Waals surface area contributed by atoms with Crippen LogP contribution < -0.4 is 11.1 Å². The van der Waals surface area contributed by atoms with Crippen LogP contribution in [0.2, 0.25) is 0 Å². The molecule has 3 N–H and O–H groups in total. The van der Waals surface area contributed by atoms with Gasteiger partial charge in [0.1, 0.15) is 0 Å². The monoisotopic (exact) mass is 441 g/mol. The highest BCUT2D eigenvalue weighted by atomic mass is 32.2. The van der Waals surface area contributed by atoms with E-state index in [1.165, 1.54) is 0 Å². The molecule has 2 aromatic rings. The number of benzene rings is 1. The predicted octanol–water partition coefficient (Wildman–Crippen LogP) is 3.38. The predicted molar refractivity (Wildman–Crippen MR) is 128 cm³/mol. The minimum absolute atomic E-state index is 0.139. The van der Waals surface area contributed by atoms with Crippen molar-refractivity contribution in [3.05, 3.63) is 42.4 Å². The van der Waals surface area contributed by atoms with Crippen LogP contribution in [0, 0.1) is 0 Å². The SMILES string of the molecule is CCCN=CC(=CN)c1cc(NC2CCN(S(=O)(=O)C3CC3)CC2)c2cnccc2c1. The van der Waals surface area contributed by atoms with Crippen LogP contribution in [-0.4, -0.2) is 54.8 Å². The van der Waals surface area contributed by atoms with Gasteiger partial charge in [0.15, 0.2) is 0 Å². The van der Waals surface area contributed by atoms with Gasteiger partial charge >= 0.3 is 0 Å². The van der Waals surface area contributed by atoms with Crippen molar-refractivity contribution in [2.45, 2.75) is 50.3 Å². The molecule has 0 unspecified atom stereocenters. The number of nitrogens with zero attached hydrogens (tertiary/aromatic N) is 3. The highest BCUT2D eigenvalue weighted by molar-refractivity contribution is 7.90. The molecule has 166 valence electrons. The molecule has 1 saturated heterocycles. The molecule has 2 heterocycles. The summed E-state index contributed by atoms with van der Waals surface area (Å²) >= 11 is 0. The third-order valence-corrected chi connectivity index (χ3v) is 8.37. The molecular formula is C23H31N5O2S. The van der Waals surface area contributed by atoms with Gasteiger partial charge in [0.25, 0.3) is 0 Å². The van der Waals surface area contributed by atoms with Crippen LogP contribution >= 0.6 is 0 Å². The zero-order valence-corrected chi connectivity index (χ0v) is 18.8. The van der Waals surface area contributed by atoms with Crippen molar-refractivity contribution in [3.63, 3.8) is 0 Å². The van der Waals surface area contributed by atoms with Crippen molar-refractivity contribution >= 4 is 38.3 Å². The van der Waals surface area contributed by atoms with Crippen molar-refractivity contribution in [3.8, 4) is 0 Å². The fourth-order valence-electron chi connectivity index (χ4n) is 4.04. The Morgan fingerprint density at radius 3 is 2.74 bits per heavy atom. The highest BCUT2D eigenvalue weighted by Crippen LogP contribution is 2.33. The Morgan fingerprint density at radius 1 is 1.29 bits per heavy atom. The molecule has 0 amide bonds. The first kappa shape index (κ1) is 21.8. The maximum atomic E-state index is 12.5. The largest absolute Gasteiger partial charge is 0.404 e. The summed E-state index contributed by atoms with van der Waals surface area (Å²) in [5.74, 6) is 0. The summed E-state index contributed by atoms with van der Waals surface area (Å²) in [7, 11) is -3.09. The Hall–Kier alpha value is -2.45. The summed E-state index contributed by atoms with van der Waals surface area (Å²) in [6, 6.07) is 6.40. The number of anilines is 1. The van der Waals surface area contributed by atoms with Gasteiger partial charge in [0.2, 0.25) is 10.0 Å². The van der Waals surface area contributed by atoms with Gasteiger partial charge in [-0.05, 0) is 61.3 Å². The van der Waals surface area contributed by atoms with Gasteiger partial charge in [-0.3, -0.25) is 9.98 Å². The Kier molecular flexibility index (Phi) is 6.57. The minimum Gasteiger partial charge on any atom is -0.404 e. The summed E-state index contributed by atoms with van der Waals surface area (Å²) in [6.07, 6.45) is 11.3. The molecule has 1 aromatic heterocycles. The zero-order valence-electron chi connectivity index (χ0n) is 18.0. The van der Waals surface area contributed by atoms with Crippen molar-refractivity contribution in [1.29, 1.82) is 0 Å². The van der Waals surface area contributed by atoms with Gasteiger partial charge < -0.3 is 11.1 Å². The van der Waals surface area contributed by atoms with Gasteiger partial charge in [-0.25, -0.2) is 12.7 Å². The van der Waals surface area contributed by atoms with E-state index in [-0.39, 0.29) is 11.3 Å². The lowest BCUT2D eigenvalue weighted by Crippen LogP contribution is -2.43. The topological polar surface area (TPSA) is 101 Å². The molecule has 1 aliphatic carbocycles. The third-order valence-electron chi connectivity index (χ3n) is 5.97. The number of allylic oxidation sites excluding steroid dienone is 1. The van der Waals surface area contributed by atoms with Gasteiger partial charge in [0, 0.05) is 67.1 Å². The molecule has 0 atom stereocenters. The molecule has 1 saturated carbocycles. The lowest BCUT2D eigenvalue weighted by atomic mass is 10.00. The molecule has 1 aliphatic heterocycles. The second-order valence-electron chi connectivity index (χ2n) is 8.34. The van der Waals surface area contributed by atoms with E-state index in [9.17, 15) is 8.42 Å². The van der Waals surface area contributed by atoms with Gasteiger partial charge in [0.05, 0.1) is 5.25 Å². The maximum Gasteiger partial charge on any atom is 0.216 e. The van der Waals surface area contributed by atoms with E-state index in [2.05, 4.69) is 34.3 Å². The van der Waals surface area contributed by atoms with Crippen molar-refractivity contribution < 1.29 is 8.42 Å². The summed E-state index contributed by atoms with van der Waals surface area (Å²) in [6.45, 7) is 4.01. The molecule has 7 nitrogen and oxygen atoms in total. The van der Waals surface area contributed by atoms with Crippen LogP contribution in [0.15, 0.2) is 41.8 Å². The van der Waals surface area contributed by atoms with Gasteiger partial charge in [-0.15, -0.1) is 0 Å². The van der Waals surface area contributed by atoms with Gasteiger partial charge in [-0.2, -0.15) is 0 Å². The van der Waals surface area contributed by atoms with Crippen molar-refractivity contribution in [2.75, 3.05) is 25.0 Å². The van der Waals surface area contributed by atoms with Crippen LogP contribution in [0.25, 0.3) is 16.3 Å². The number of rotatable bonds is 8. The first-order valence-corrected chi connectivity index (χ1v) is 12.6. The first-order valence-electron chi connectivity index (χ1n) is 11.1. The van der Waals surface area contributed by atoms with E-state index < -0.39 is 10.0 Å². The molecule has 2 fully saturated rings. The average Bonchev–Trinajstić information content (AvgIpc) is 3.63. The highest BCUT2D eigenvalue weighted by Gasteiger charge is 2.41. The van der Waals surface area contributed by atoms with Crippen LogP contribution in [0.3, 0.4) is 0 Å². The quantitative estimate of drug-likeness (QED) is 0.612. The van der Waals surface area contributed by atoms with Gasteiger partial charge in [-0.1, -0.05) is 6.92 Å². The normalized spacial score (nSPS) is 19.3. The fraction of sp³-hybridized carbons (Fsp3) is 0.478. The number of hydrogen-bond acceptors (Lipinski definition) is 6. The Morgan fingerprint density at radius 2 is 2.06 bits per heavy atom. The Bertz CT molecular complexity index is 1080. The number of aromatic nitrogens is 1. The van der Waals surface area contributed by atoms with E-state index >= 15 is 0 Å². The number of sulfonamides is 1. The van der Waals surface area contributed by atoms with Crippen molar-refractivity contribution in [2.24, 2.45) is 10.7 Å². The van der Waals surface area contributed by atoms with Crippen LogP contribution in [0.4, 0.5) is 5.69 Å². The van der Waals surface area contributed by atoms with E-state index in [0.29, 0.717) is 13.1 Å². The summed E-state index contributed by atoms with van der Waals surface area (Å²) in [4.78, 5) is 8.74. The maximum absolute atomic E-state index is 12.5. The number of piperidine rings is 1. The van der Waals surface area contributed by atoms with Crippen LogP contribution in [0.5, 0.6) is 0 Å². The number of pyridine rings is 1. The fourth-order valence-corrected chi connectivity index (χ4v) is 5.91. The molecule has 4 rings (SSSR count). The second-order valence-corrected chi connectivity index (χ2v) is 10.6. The van der Waals surface area contributed by atoms with Crippen LogP contribution in [0.1, 0.15) is 44.6 Å². The van der Waals surface area contributed by atoms with E-state index in [4.69, 9.17) is 5.73 Å². The minimum atomic E-state index is -3.09.